The molecular formula is C16H19N5OS3. The molecule has 1 aliphatic heterocycles. The van der Waals surface area contributed by atoms with Gasteiger partial charge >= 0.3 is 0 Å². The largest absolute Gasteiger partial charge is 0.300 e. The monoisotopic (exact) mass is 393 g/mol. The number of thioether (sulfide) groups is 2. The summed E-state index contributed by atoms with van der Waals surface area (Å²) < 4.78 is 0. The van der Waals surface area contributed by atoms with Crippen LogP contribution in [0.1, 0.15) is 42.7 Å². The molecule has 1 amide bonds. The number of nitrogens with zero attached hydrogens (tertiary/aromatic N) is 4. The van der Waals surface area contributed by atoms with Gasteiger partial charge in [-0.2, -0.15) is 0 Å². The number of hydrogen-bond acceptors (Lipinski definition) is 8. The summed E-state index contributed by atoms with van der Waals surface area (Å²) >= 11 is 4.77. The van der Waals surface area contributed by atoms with Crippen molar-refractivity contribution >= 4 is 45.9 Å². The number of rotatable bonds is 4. The van der Waals surface area contributed by atoms with Gasteiger partial charge in [-0.05, 0) is 25.7 Å². The number of aromatic nitrogens is 4. The highest BCUT2D eigenvalue weighted by Gasteiger charge is 2.40. The lowest BCUT2D eigenvalue weighted by atomic mass is 9.80. The molecule has 9 heteroatoms. The van der Waals surface area contributed by atoms with E-state index in [0.29, 0.717) is 22.1 Å². The third-order valence-electron chi connectivity index (χ3n) is 4.61. The molecule has 2 aliphatic rings. The first-order chi connectivity index (χ1) is 12.1. The summed E-state index contributed by atoms with van der Waals surface area (Å²) in [7, 11) is 0. The number of amides is 1. The van der Waals surface area contributed by atoms with Crippen molar-refractivity contribution < 1.29 is 4.79 Å². The fraction of sp³-hybridized carbons (Fsp3) is 0.562. The molecule has 0 aromatic carbocycles. The molecule has 1 N–H and O–H groups in total. The molecule has 2 aromatic rings. The van der Waals surface area contributed by atoms with Crippen molar-refractivity contribution in [1.29, 1.82) is 0 Å². The first-order valence-electron chi connectivity index (χ1n) is 8.34. The molecule has 0 radical (unpaired) electrons. The zero-order valence-corrected chi connectivity index (χ0v) is 16.5. The minimum atomic E-state index is -0.0759. The number of fused-ring (bicyclic) bond motifs is 3. The zero-order chi connectivity index (χ0) is 17.4. The summed E-state index contributed by atoms with van der Waals surface area (Å²) in [6.45, 7) is 4.20. The van der Waals surface area contributed by atoms with Gasteiger partial charge in [0.15, 0.2) is 0 Å². The maximum absolute atomic E-state index is 12.2. The number of nitrogens with one attached hydrogen (secondary N) is 1. The number of carbonyl (C=O) groups excluding carboxylic acids is 1. The summed E-state index contributed by atoms with van der Waals surface area (Å²) in [5.41, 5.74) is 1.27. The minimum absolute atomic E-state index is 0.0759. The predicted octanol–water partition coefficient (Wildman–Crippen LogP) is 3.75. The fourth-order valence-electron chi connectivity index (χ4n) is 3.46. The smallest absolute Gasteiger partial charge is 0.236 e. The predicted molar refractivity (Wildman–Crippen MR) is 101 cm³/mol. The molecule has 3 atom stereocenters. The van der Waals surface area contributed by atoms with Crippen LogP contribution in [0.2, 0.25) is 0 Å². The Hall–Kier alpha value is -1.19. The van der Waals surface area contributed by atoms with Gasteiger partial charge in [0, 0.05) is 16.7 Å². The van der Waals surface area contributed by atoms with E-state index in [1.54, 1.807) is 6.33 Å². The van der Waals surface area contributed by atoms with E-state index in [4.69, 9.17) is 0 Å². The molecule has 6 nitrogen and oxygen atoms in total. The molecule has 3 unspecified atom stereocenters. The number of anilines is 1. The molecule has 2 aromatic heterocycles. The Morgan fingerprint density at radius 1 is 1.36 bits per heavy atom. The number of hydrogen-bond donors (Lipinski definition) is 1. The number of carbonyl (C=O) groups is 1. The molecule has 1 fully saturated rings. The molecule has 0 saturated heterocycles. The van der Waals surface area contributed by atoms with Gasteiger partial charge in [0.25, 0.3) is 0 Å². The first-order valence-corrected chi connectivity index (χ1v) is 11.0. The van der Waals surface area contributed by atoms with Crippen molar-refractivity contribution in [2.45, 2.75) is 54.3 Å². The Bertz CT molecular complexity index is 796. The molecule has 4 rings (SSSR count). The fourth-order valence-corrected chi connectivity index (χ4v) is 6.63. The molecule has 1 saturated carbocycles. The highest BCUT2D eigenvalue weighted by molar-refractivity contribution is 8.01. The second-order valence-corrected chi connectivity index (χ2v) is 9.92. The molecule has 0 bridgehead atoms. The van der Waals surface area contributed by atoms with Crippen LogP contribution >= 0.6 is 34.9 Å². The minimum Gasteiger partial charge on any atom is -0.300 e. The second-order valence-electron chi connectivity index (χ2n) is 6.54. The van der Waals surface area contributed by atoms with Crippen LogP contribution in [0.25, 0.3) is 0 Å². The zero-order valence-electron chi connectivity index (χ0n) is 14.1. The highest BCUT2D eigenvalue weighted by atomic mass is 32.2. The van der Waals surface area contributed by atoms with Gasteiger partial charge in [0.2, 0.25) is 11.0 Å². The standard InChI is InChI=1S/C16H19N5OS3/c1-8-3-4-10-11(5-8)25-15-13(10)14(17-7-18-15)23-6-12(22)19-16-21-20-9(2)24-16/h7-8,10-11H,3-6H2,1-2H3,(H,19,21,22). The first kappa shape index (κ1) is 17.2. The molecule has 3 heterocycles. The SMILES string of the molecule is Cc1nnc(NC(=O)CSc2ncnc3c2C2CCC(C)CC2S3)s1. The van der Waals surface area contributed by atoms with Gasteiger partial charge in [-0.1, -0.05) is 36.4 Å². The average Bonchev–Trinajstić information content (AvgIpc) is 3.15. The van der Waals surface area contributed by atoms with Gasteiger partial charge in [-0.25, -0.2) is 9.97 Å². The molecule has 25 heavy (non-hydrogen) atoms. The highest BCUT2D eigenvalue weighted by Crippen LogP contribution is 2.54. The molecule has 1 aliphatic carbocycles. The van der Waals surface area contributed by atoms with Gasteiger partial charge in [0.05, 0.1) is 5.75 Å². The van der Waals surface area contributed by atoms with E-state index in [1.165, 1.54) is 47.9 Å². The lowest BCUT2D eigenvalue weighted by Crippen LogP contribution is -2.21. The molecular weight excluding hydrogens is 374 g/mol. The third-order valence-corrected chi connectivity index (χ3v) is 7.74. The summed E-state index contributed by atoms with van der Waals surface area (Å²) in [6, 6.07) is 0. The van der Waals surface area contributed by atoms with Crippen LogP contribution < -0.4 is 5.32 Å². The van der Waals surface area contributed by atoms with E-state index in [1.807, 2.05) is 18.7 Å². The van der Waals surface area contributed by atoms with E-state index in [0.717, 1.165) is 21.0 Å². The lowest BCUT2D eigenvalue weighted by molar-refractivity contribution is -0.113. The normalized spacial score (nSPS) is 24.6. The second kappa shape index (κ2) is 7.20. The summed E-state index contributed by atoms with van der Waals surface area (Å²) in [6.07, 6.45) is 5.33. The Morgan fingerprint density at radius 2 is 2.24 bits per heavy atom. The van der Waals surface area contributed by atoms with Crippen LogP contribution in [0.3, 0.4) is 0 Å². The van der Waals surface area contributed by atoms with E-state index in [9.17, 15) is 4.79 Å². The quantitative estimate of drug-likeness (QED) is 0.626. The van der Waals surface area contributed by atoms with Crippen molar-refractivity contribution in [3.8, 4) is 0 Å². The van der Waals surface area contributed by atoms with Crippen molar-refractivity contribution in [2.24, 2.45) is 5.92 Å². The third kappa shape index (κ3) is 3.68. The Labute approximate surface area is 159 Å². The Morgan fingerprint density at radius 3 is 3.04 bits per heavy atom. The van der Waals surface area contributed by atoms with E-state index >= 15 is 0 Å². The van der Waals surface area contributed by atoms with Crippen molar-refractivity contribution in [1.82, 2.24) is 20.2 Å². The van der Waals surface area contributed by atoms with E-state index in [2.05, 4.69) is 32.4 Å². The van der Waals surface area contributed by atoms with E-state index in [-0.39, 0.29) is 5.91 Å². The van der Waals surface area contributed by atoms with Gasteiger partial charge in [0.1, 0.15) is 21.4 Å². The van der Waals surface area contributed by atoms with Crippen LogP contribution in [0.15, 0.2) is 16.4 Å². The number of aryl methyl sites for hydroxylation is 1. The maximum Gasteiger partial charge on any atom is 0.236 e. The maximum atomic E-state index is 12.2. The van der Waals surface area contributed by atoms with Crippen molar-refractivity contribution in [3.63, 3.8) is 0 Å². The van der Waals surface area contributed by atoms with Crippen LogP contribution in [0, 0.1) is 12.8 Å². The molecule has 0 spiro atoms. The van der Waals surface area contributed by atoms with Gasteiger partial charge in [-0.3, -0.25) is 10.1 Å². The summed E-state index contributed by atoms with van der Waals surface area (Å²) in [5, 5.41) is 14.7. The molecule has 132 valence electrons. The van der Waals surface area contributed by atoms with Crippen LogP contribution in [0.5, 0.6) is 0 Å². The van der Waals surface area contributed by atoms with Gasteiger partial charge < -0.3 is 0 Å². The Balaban J connectivity index is 1.44. The van der Waals surface area contributed by atoms with Crippen LogP contribution in [-0.2, 0) is 4.79 Å². The van der Waals surface area contributed by atoms with E-state index < -0.39 is 0 Å². The van der Waals surface area contributed by atoms with Crippen LogP contribution in [-0.4, -0.2) is 37.1 Å². The summed E-state index contributed by atoms with van der Waals surface area (Å²) in [5.74, 6) is 1.57. The van der Waals surface area contributed by atoms with Crippen molar-refractivity contribution in [2.75, 3.05) is 11.1 Å². The van der Waals surface area contributed by atoms with Gasteiger partial charge in [-0.15, -0.1) is 22.0 Å². The summed E-state index contributed by atoms with van der Waals surface area (Å²) in [4.78, 5) is 21.1. The Kier molecular flexibility index (Phi) is 4.97. The topological polar surface area (TPSA) is 80.7 Å². The average molecular weight is 394 g/mol. The lowest BCUT2D eigenvalue weighted by Gasteiger charge is -2.29. The van der Waals surface area contributed by atoms with Crippen molar-refractivity contribution in [3.05, 3.63) is 16.9 Å². The van der Waals surface area contributed by atoms with Crippen LogP contribution in [0.4, 0.5) is 5.13 Å².